The van der Waals surface area contributed by atoms with E-state index in [-0.39, 0.29) is 0 Å². The minimum atomic E-state index is -1.03. The second-order valence-electron chi connectivity index (χ2n) is 6.69. The number of aryl methyl sites for hydroxylation is 1. The van der Waals surface area contributed by atoms with Crippen LogP contribution in [0.1, 0.15) is 46.6 Å². The van der Waals surface area contributed by atoms with Crippen molar-refractivity contribution in [3.8, 4) is 0 Å². The van der Waals surface area contributed by atoms with Gasteiger partial charge in [-0.15, -0.1) is 0 Å². The van der Waals surface area contributed by atoms with Gasteiger partial charge in [-0.05, 0) is 53.2 Å². The van der Waals surface area contributed by atoms with Gasteiger partial charge in [0.25, 0.3) is 0 Å². The summed E-state index contributed by atoms with van der Waals surface area (Å²) in [4.78, 5) is 0. The van der Waals surface area contributed by atoms with E-state index in [0.29, 0.717) is 10.9 Å². The van der Waals surface area contributed by atoms with Crippen LogP contribution in [-0.2, 0) is 0 Å². The van der Waals surface area contributed by atoms with Crippen LogP contribution >= 0.6 is 7.26 Å². The predicted molar refractivity (Wildman–Crippen MR) is 92.0 cm³/mol. The minimum Gasteiger partial charge on any atom is -0.351 e. The first-order valence-electron chi connectivity index (χ1n) is 7.43. The Balaban J connectivity index is 2.96. The third kappa shape index (κ3) is 3.72. The Bertz CT molecular complexity index is 391. The number of hydrogen-bond donors (Lipinski definition) is 1. The van der Waals surface area contributed by atoms with Gasteiger partial charge in [0.05, 0.1) is 18.0 Å². The van der Waals surface area contributed by atoms with Crippen molar-refractivity contribution in [1.82, 2.24) is 0 Å². The summed E-state index contributed by atoms with van der Waals surface area (Å²) in [6.45, 7) is 16.6. The molecule has 2 unspecified atom stereocenters. The van der Waals surface area contributed by atoms with Crippen molar-refractivity contribution < 1.29 is 0 Å². The van der Waals surface area contributed by atoms with Crippen LogP contribution < -0.4 is 5.32 Å². The third-order valence-electron chi connectivity index (χ3n) is 4.65. The summed E-state index contributed by atoms with van der Waals surface area (Å²) in [6.07, 6.45) is 2.50. The SMILES string of the molecule is CCC(Nc1ccc(C)cc1)[P+](C)(CC)C(C)(C)C. The molecule has 0 aliphatic rings. The first-order valence-corrected chi connectivity index (χ1v) is 9.92. The highest BCUT2D eigenvalue weighted by Crippen LogP contribution is 2.69. The fourth-order valence-corrected chi connectivity index (χ4v) is 6.22. The molecule has 0 aromatic heterocycles. The van der Waals surface area contributed by atoms with Crippen LogP contribution in [0.2, 0.25) is 0 Å². The lowest BCUT2D eigenvalue weighted by Crippen LogP contribution is -2.34. The monoisotopic (exact) mass is 280 g/mol. The van der Waals surface area contributed by atoms with Crippen molar-refractivity contribution in [3.05, 3.63) is 29.8 Å². The normalized spacial score (nSPS) is 16.8. The molecular weight excluding hydrogens is 249 g/mol. The van der Waals surface area contributed by atoms with Crippen molar-refractivity contribution in [2.75, 3.05) is 18.1 Å². The maximum absolute atomic E-state index is 3.80. The highest BCUT2D eigenvalue weighted by atomic mass is 31.2. The van der Waals surface area contributed by atoms with E-state index in [1.165, 1.54) is 23.8 Å². The number of benzene rings is 1. The van der Waals surface area contributed by atoms with Crippen LogP contribution in [0.15, 0.2) is 24.3 Å². The molecule has 0 fully saturated rings. The van der Waals surface area contributed by atoms with Gasteiger partial charge in [-0.3, -0.25) is 0 Å². The standard InChI is InChI=1S/C17H31NP/c1-8-16(19(7,9-2)17(4,5)6)18-15-12-10-14(3)11-13-15/h10-13,16,18H,8-9H2,1-7H3/q+1. The lowest BCUT2D eigenvalue weighted by atomic mass is 10.2. The number of anilines is 1. The fraction of sp³-hybridized carbons (Fsp3) is 0.647. The summed E-state index contributed by atoms with van der Waals surface area (Å²) >= 11 is 0. The molecule has 0 aliphatic heterocycles. The highest BCUT2D eigenvalue weighted by molar-refractivity contribution is 7.77. The fourth-order valence-electron chi connectivity index (χ4n) is 2.65. The lowest BCUT2D eigenvalue weighted by molar-refractivity contribution is 0.739. The van der Waals surface area contributed by atoms with Crippen molar-refractivity contribution in [2.45, 2.75) is 58.9 Å². The van der Waals surface area contributed by atoms with Crippen molar-refractivity contribution in [3.63, 3.8) is 0 Å². The molecule has 0 amide bonds. The average Bonchev–Trinajstić information content (AvgIpc) is 2.35. The Morgan fingerprint density at radius 3 is 2.00 bits per heavy atom. The first-order chi connectivity index (χ1) is 8.74. The van der Waals surface area contributed by atoms with E-state index in [9.17, 15) is 0 Å². The van der Waals surface area contributed by atoms with Crippen LogP contribution in [0, 0.1) is 6.92 Å². The van der Waals surface area contributed by atoms with Crippen LogP contribution in [0.25, 0.3) is 0 Å². The van der Waals surface area contributed by atoms with Gasteiger partial charge >= 0.3 is 0 Å². The summed E-state index contributed by atoms with van der Waals surface area (Å²) in [5.74, 6) is 0.611. The van der Waals surface area contributed by atoms with E-state index in [0.717, 1.165) is 0 Å². The van der Waals surface area contributed by atoms with Crippen LogP contribution in [0.3, 0.4) is 0 Å². The Hall–Kier alpha value is -0.550. The summed E-state index contributed by atoms with van der Waals surface area (Å²) < 4.78 is 0. The number of rotatable bonds is 5. The third-order valence-corrected chi connectivity index (χ3v) is 10.9. The van der Waals surface area contributed by atoms with Crippen LogP contribution in [-0.4, -0.2) is 23.8 Å². The molecule has 0 bridgehead atoms. The maximum Gasteiger partial charge on any atom is 0.137 e. The Labute approximate surface area is 120 Å². The molecule has 0 spiro atoms. The van der Waals surface area contributed by atoms with E-state index in [1.807, 2.05) is 0 Å². The van der Waals surface area contributed by atoms with Gasteiger partial charge in [0.15, 0.2) is 0 Å². The average molecular weight is 280 g/mol. The maximum atomic E-state index is 3.80. The Kier molecular flexibility index (Phi) is 5.44. The van der Waals surface area contributed by atoms with E-state index in [1.54, 1.807) is 0 Å². The van der Waals surface area contributed by atoms with E-state index in [2.05, 4.69) is 77.8 Å². The van der Waals surface area contributed by atoms with Gasteiger partial charge in [0.1, 0.15) is 5.78 Å². The van der Waals surface area contributed by atoms with Crippen LogP contribution in [0.4, 0.5) is 5.69 Å². The number of hydrogen-bond acceptors (Lipinski definition) is 1. The molecule has 1 nitrogen and oxygen atoms in total. The van der Waals surface area contributed by atoms with Crippen molar-refractivity contribution >= 4 is 12.9 Å². The van der Waals surface area contributed by atoms with Gasteiger partial charge in [-0.25, -0.2) is 0 Å². The molecule has 2 heteroatoms. The van der Waals surface area contributed by atoms with Crippen LogP contribution in [0.5, 0.6) is 0 Å². The quantitative estimate of drug-likeness (QED) is 0.691. The minimum absolute atomic E-state index is 0.403. The molecule has 1 aromatic rings. The zero-order chi connectivity index (χ0) is 14.7. The summed E-state index contributed by atoms with van der Waals surface area (Å²) in [6, 6.07) is 8.79. The zero-order valence-electron chi connectivity index (χ0n) is 13.7. The molecule has 2 atom stereocenters. The molecule has 19 heavy (non-hydrogen) atoms. The summed E-state index contributed by atoms with van der Waals surface area (Å²) in [5, 5.41) is 4.21. The largest absolute Gasteiger partial charge is 0.351 e. The zero-order valence-corrected chi connectivity index (χ0v) is 14.6. The predicted octanol–water partition coefficient (Wildman–Crippen LogP) is 5.61. The molecular formula is C17H31NP+. The van der Waals surface area contributed by atoms with Gasteiger partial charge in [0.2, 0.25) is 0 Å². The lowest BCUT2D eigenvalue weighted by Gasteiger charge is -2.41. The Morgan fingerprint density at radius 1 is 1.11 bits per heavy atom. The number of nitrogens with one attached hydrogen (secondary N) is 1. The molecule has 1 rings (SSSR count). The molecule has 0 saturated heterocycles. The second-order valence-corrected chi connectivity index (χ2v) is 11.8. The molecule has 0 heterocycles. The Morgan fingerprint density at radius 2 is 1.63 bits per heavy atom. The molecule has 0 saturated carbocycles. The second kappa shape index (κ2) is 6.27. The molecule has 1 N–H and O–H groups in total. The van der Waals surface area contributed by atoms with E-state index >= 15 is 0 Å². The summed E-state index contributed by atoms with van der Waals surface area (Å²) in [5.41, 5.74) is 2.59. The molecule has 0 aliphatic carbocycles. The van der Waals surface area contributed by atoms with Gasteiger partial charge in [0, 0.05) is 12.9 Å². The molecule has 1 aromatic carbocycles. The smallest absolute Gasteiger partial charge is 0.137 e. The van der Waals surface area contributed by atoms with E-state index in [4.69, 9.17) is 0 Å². The van der Waals surface area contributed by atoms with Gasteiger partial charge in [-0.2, -0.15) is 0 Å². The first kappa shape index (κ1) is 16.5. The molecule has 0 radical (unpaired) electrons. The van der Waals surface area contributed by atoms with Crippen molar-refractivity contribution in [1.29, 1.82) is 0 Å². The van der Waals surface area contributed by atoms with Gasteiger partial charge < -0.3 is 5.32 Å². The highest BCUT2D eigenvalue weighted by Gasteiger charge is 2.49. The van der Waals surface area contributed by atoms with Crippen molar-refractivity contribution in [2.24, 2.45) is 0 Å². The van der Waals surface area contributed by atoms with E-state index < -0.39 is 7.26 Å². The van der Waals surface area contributed by atoms with Gasteiger partial charge in [-0.1, -0.05) is 24.6 Å². The molecule has 108 valence electrons. The topological polar surface area (TPSA) is 12.0 Å². The summed E-state index contributed by atoms with van der Waals surface area (Å²) in [7, 11) is -1.03.